The SMILES string of the molecule is CN(Cc1cc(Cl)cn1C)c1ccc(C#N)nn1. The van der Waals surface area contributed by atoms with Gasteiger partial charge in [-0.3, -0.25) is 0 Å². The van der Waals surface area contributed by atoms with Crippen LogP contribution < -0.4 is 4.90 Å². The number of rotatable bonds is 3. The van der Waals surface area contributed by atoms with Gasteiger partial charge in [0.05, 0.1) is 11.6 Å². The van der Waals surface area contributed by atoms with Crippen molar-refractivity contribution in [3.63, 3.8) is 0 Å². The summed E-state index contributed by atoms with van der Waals surface area (Å²) in [6.45, 7) is 0.670. The standard InChI is InChI=1S/C12H12ClN5/c1-17-7-9(13)5-11(17)8-18(2)12-4-3-10(6-14)15-16-12/h3-5,7H,8H2,1-2H3. The number of aryl methyl sites for hydroxylation is 1. The predicted octanol–water partition coefficient (Wildman–Crippen LogP) is 1.98. The maximum Gasteiger partial charge on any atom is 0.163 e. The van der Waals surface area contributed by atoms with Gasteiger partial charge in [0.2, 0.25) is 0 Å². The number of anilines is 1. The number of hydrogen-bond donors (Lipinski definition) is 0. The van der Waals surface area contributed by atoms with Crippen LogP contribution >= 0.6 is 11.6 Å². The zero-order valence-electron chi connectivity index (χ0n) is 10.1. The fourth-order valence-corrected chi connectivity index (χ4v) is 1.91. The van der Waals surface area contributed by atoms with Crippen LogP contribution in [0.25, 0.3) is 0 Å². The molecule has 0 unspecified atom stereocenters. The van der Waals surface area contributed by atoms with Crippen molar-refractivity contribution in [2.45, 2.75) is 6.54 Å². The lowest BCUT2D eigenvalue weighted by atomic mass is 10.3. The molecule has 0 fully saturated rings. The van der Waals surface area contributed by atoms with Crippen molar-refractivity contribution < 1.29 is 0 Å². The van der Waals surface area contributed by atoms with Crippen LogP contribution in [-0.4, -0.2) is 21.8 Å². The molecular formula is C12H12ClN5. The molecule has 18 heavy (non-hydrogen) atoms. The van der Waals surface area contributed by atoms with Gasteiger partial charge in [0.25, 0.3) is 0 Å². The quantitative estimate of drug-likeness (QED) is 0.848. The Hall–Kier alpha value is -2.06. The highest BCUT2D eigenvalue weighted by Gasteiger charge is 2.08. The molecule has 0 atom stereocenters. The zero-order valence-corrected chi connectivity index (χ0v) is 10.9. The van der Waals surface area contributed by atoms with Crippen molar-refractivity contribution in [1.82, 2.24) is 14.8 Å². The molecule has 0 amide bonds. The molecule has 0 aromatic carbocycles. The second-order valence-corrected chi connectivity index (χ2v) is 4.44. The summed E-state index contributed by atoms with van der Waals surface area (Å²) in [6.07, 6.45) is 1.86. The first-order valence-electron chi connectivity index (χ1n) is 5.36. The third kappa shape index (κ3) is 2.60. The molecule has 0 bridgehead atoms. The fraction of sp³-hybridized carbons (Fsp3) is 0.250. The fourth-order valence-electron chi connectivity index (χ4n) is 1.64. The first-order chi connectivity index (χ1) is 8.60. The van der Waals surface area contributed by atoms with E-state index < -0.39 is 0 Å². The lowest BCUT2D eigenvalue weighted by Gasteiger charge is -2.17. The van der Waals surface area contributed by atoms with Crippen molar-refractivity contribution in [3.8, 4) is 6.07 Å². The highest BCUT2D eigenvalue weighted by molar-refractivity contribution is 6.30. The van der Waals surface area contributed by atoms with E-state index in [9.17, 15) is 0 Å². The summed E-state index contributed by atoms with van der Waals surface area (Å²) in [5.74, 6) is 0.714. The van der Waals surface area contributed by atoms with Crippen molar-refractivity contribution in [3.05, 3.63) is 40.8 Å². The van der Waals surface area contributed by atoms with Gasteiger partial charge in [0, 0.05) is 26.0 Å². The molecule has 92 valence electrons. The van der Waals surface area contributed by atoms with Crippen LogP contribution in [0.3, 0.4) is 0 Å². The molecular weight excluding hydrogens is 250 g/mol. The molecule has 0 saturated carbocycles. The van der Waals surface area contributed by atoms with Crippen LogP contribution in [0.5, 0.6) is 0 Å². The van der Waals surface area contributed by atoms with Gasteiger partial charge in [-0.05, 0) is 18.2 Å². The van der Waals surface area contributed by atoms with E-state index in [0.29, 0.717) is 23.1 Å². The van der Waals surface area contributed by atoms with Gasteiger partial charge in [-0.25, -0.2) is 0 Å². The second kappa shape index (κ2) is 5.07. The van der Waals surface area contributed by atoms with Crippen LogP contribution in [-0.2, 0) is 13.6 Å². The van der Waals surface area contributed by atoms with E-state index in [4.69, 9.17) is 16.9 Å². The smallest absolute Gasteiger partial charge is 0.163 e. The number of nitriles is 1. The third-order valence-electron chi connectivity index (χ3n) is 2.63. The largest absolute Gasteiger partial charge is 0.352 e. The predicted molar refractivity (Wildman–Crippen MR) is 69.3 cm³/mol. The van der Waals surface area contributed by atoms with Crippen LogP contribution in [0.4, 0.5) is 5.82 Å². The highest BCUT2D eigenvalue weighted by Crippen LogP contribution is 2.16. The van der Waals surface area contributed by atoms with E-state index >= 15 is 0 Å². The lowest BCUT2D eigenvalue weighted by Crippen LogP contribution is -2.19. The van der Waals surface area contributed by atoms with Crippen molar-refractivity contribution in [1.29, 1.82) is 5.26 Å². The average molecular weight is 262 g/mol. The van der Waals surface area contributed by atoms with E-state index in [2.05, 4.69) is 10.2 Å². The number of nitrogens with zero attached hydrogens (tertiary/aromatic N) is 5. The Morgan fingerprint density at radius 1 is 1.44 bits per heavy atom. The number of halogens is 1. The first kappa shape index (κ1) is 12.4. The molecule has 0 spiro atoms. The summed E-state index contributed by atoms with van der Waals surface area (Å²) in [5.41, 5.74) is 1.39. The molecule has 0 saturated heterocycles. The van der Waals surface area contributed by atoms with Crippen molar-refractivity contribution in [2.24, 2.45) is 7.05 Å². The van der Waals surface area contributed by atoms with E-state index in [1.54, 1.807) is 12.1 Å². The normalized spacial score (nSPS) is 10.1. The van der Waals surface area contributed by atoms with Crippen LogP contribution in [0.15, 0.2) is 24.4 Å². The minimum Gasteiger partial charge on any atom is -0.352 e. The van der Waals surface area contributed by atoms with Gasteiger partial charge in [-0.15, -0.1) is 10.2 Å². The Morgan fingerprint density at radius 2 is 2.22 bits per heavy atom. The molecule has 0 radical (unpaired) electrons. The highest BCUT2D eigenvalue weighted by atomic mass is 35.5. The number of aromatic nitrogens is 3. The van der Waals surface area contributed by atoms with Gasteiger partial charge in [-0.1, -0.05) is 11.6 Å². The summed E-state index contributed by atoms with van der Waals surface area (Å²) >= 11 is 5.93. The summed E-state index contributed by atoms with van der Waals surface area (Å²) in [6, 6.07) is 7.28. The Balaban J connectivity index is 2.14. The van der Waals surface area contributed by atoms with Crippen LogP contribution in [0, 0.1) is 11.3 Å². The molecule has 2 aromatic heterocycles. The topological polar surface area (TPSA) is 57.7 Å². The average Bonchev–Trinajstić information content (AvgIpc) is 2.68. The van der Waals surface area contributed by atoms with Crippen LogP contribution in [0.1, 0.15) is 11.4 Å². The number of hydrogen-bond acceptors (Lipinski definition) is 4. The Bertz CT molecular complexity index is 582. The molecule has 5 nitrogen and oxygen atoms in total. The van der Waals surface area contributed by atoms with E-state index in [0.717, 1.165) is 5.69 Å². The first-order valence-corrected chi connectivity index (χ1v) is 5.73. The van der Waals surface area contributed by atoms with Crippen molar-refractivity contribution in [2.75, 3.05) is 11.9 Å². The summed E-state index contributed by atoms with van der Waals surface area (Å²) in [4.78, 5) is 1.94. The molecule has 6 heteroatoms. The minimum atomic E-state index is 0.314. The van der Waals surface area contributed by atoms with E-state index in [1.165, 1.54) is 0 Å². The molecule has 2 rings (SSSR count). The maximum atomic E-state index is 8.66. The van der Waals surface area contributed by atoms with Gasteiger partial charge in [0.15, 0.2) is 11.5 Å². The maximum absolute atomic E-state index is 8.66. The lowest BCUT2D eigenvalue weighted by molar-refractivity contribution is 0.775. The Kier molecular flexibility index (Phi) is 3.49. The van der Waals surface area contributed by atoms with Crippen LogP contribution in [0.2, 0.25) is 5.02 Å². The summed E-state index contributed by atoms with van der Waals surface area (Å²) in [7, 11) is 3.86. The van der Waals surface area contributed by atoms with E-state index in [1.807, 2.05) is 41.9 Å². The molecule has 0 N–H and O–H groups in total. The summed E-state index contributed by atoms with van der Waals surface area (Å²) < 4.78 is 1.97. The third-order valence-corrected chi connectivity index (χ3v) is 2.84. The van der Waals surface area contributed by atoms with E-state index in [-0.39, 0.29) is 0 Å². The molecule has 0 aliphatic heterocycles. The molecule has 0 aliphatic rings. The molecule has 0 aliphatic carbocycles. The molecule has 2 heterocycles. The van der Waals surface area contributed by atoms with Gasteiger partial charge >= 0.3 is 0 Å². The summed E-state index contributed by atoms with van der Waals surface area (Å²) in [5, 5.41) is 17.2. The van der Waals surface area contributed by atoms with Gasteiger partial charge < -0.3 is 9.47 Å². The second-order valence-electron chi connectivity index (χ2n) is 4.01. The van der Waals surface area contributed by atoms with Gasteiger partial charge in [0.1, 0.15) is 6.07 Å². The minimum absolute atomic E-state index is 0.314. The van der Waals surface area contributed by atoms with Gasteiger partial charge in [-0.2, -0.15) is 5.26 Å². The Labute approximate surface area is 110 Å². The Morgan fingerprint density at radius 3 is 2.72 bits per heavy atom. The monoisotopic (exact) mass is 261 g/mol. The van der Waals surface area contributed by atoms with Crippen molar-refractivity contribution >= 4 is 17.4 Å². The zero-order chi connectivity index (χ0) is 13.1. The molecule has 2 aromatic rings.